The molecule has 27 heavy (non-hydrogen) atoms. The van der Waals surface area contributed by atoms with Gasteiger partial charge in [-0.25, -0.2) is 0 Å². The van der Waals surface area contributed by atoms with Gasteiger partial charge in [-0.05, 0) is 31.4 Å². The van der Waals surface area contributed by atoms with E-state index in [1.165, 1.54) is 17.8 Å². The quantitative estimate of drug-likeness (QED) is 0.733. The van der Waals surface area contributed by atoms with E-state index >= 15 is 0 Å². The number of carbonyl (C=O) groups excluding carboxylic acids is 2. The largest absolute Gasteiger partial charge is 0.346 e. The Morgan fingerprint density at radius 3 is 2.81 bits per heavy atom. The van der Waals surface area contributed by atoms with Crippen LogP contribution in [0, 0.1) is 0 Å². The van der Waals surface area contributed by atoms with E-state index in [0.29, 0.717) is 22.7 Å². The van der Waals surface area contributed by atoms with Gasteiger partial charge in [0.1, 0.15) is 5.69 Å². The molecule has 5 rings (SSSR count). The van der Waals surface area contributed by atoms with Gasteiger partial charge >= 0.3 is 0 Å². The van der Waals surface area contributed by atoms with Crippen LogP contribution in [0.3, 0.4) is 0 Å². The van der Waals surface area contributed by atoms with Crippen molar-refractivity contribution in [3.8, 4) is 0 Å². The molecule has 2 aromatic heterocycles. The Morgan fingerprint density at radius 1 is 1.22 bits per heavy atom. The number of rotatable bonds is 3. The monoisotopic (exact) mass is 385 g/mol. The number of thiophene rings is 1. The summed E-state index contributed by atoms with van der Waals surface area (Å²) in [4.78, 5) is 32.2. The van der Waals surface area contributed by atoms with Gasteiger partial charge in [0.25, 0.3) is 11.8 Å². The van der Waals surface area contributed by atoms with Crippen molar-refractivity contribution in [3.05, 3.63) is 28.9 Å². The molecule has 0 unspecified atom stereocenters. The third-order valence-corrected chi connectivity index (χ3v) is 6.95. The van der Waals surface area contributed by atoms with Crippen LogP contribution in [0.15, 0.2) is 18.3 Å². The number of pyridine rings is 1. The molecule has 0 aliphatic carbocycles. The standard InChI is InChI=1S/C19H23N5O2S/c25-18(23-14-8-12-1-2-13(14)22-12)15-9-16-11(10-21-15)7-17(27-16)19(26)24-5-3-20-4-6-24/h7,9-10,12-14,20,22H,1-6,8H2,(H,23,25)/t12-,13+,14-/m1/s1. The Kier molecular flexibility index (Phi) is 4.34. The number of hydrogen-bond acceptors (Lipinski definition) is 6. The zero-order valence-corrected chi connectivity index (χ0v) is 15.8. The van der Waals surface area contributed by atoms with Crippen LogP contribution in [0.5, 0.6) is 0 Å². The summed E-state index contributed by atoms with van der Waals surface area (Å²) in [5.74, 6) is -0.0589. The molecule has 0 saturated carbocycles. The van der Waals surface area contributed by atoms with E-state index in [2.05, 4.69) is 20.9 Å². The number of amides is 2. The zero-order chi connectivity index (χ0) is 18.4. The SMILES string of the molecule is O=C(N[C@@H]1C[C@H]2CC[C@@H]1N2)c1cc2sc(C(=O)N3CCNCC3)cc2cn1. The van der Waals surface area contributed by atoms with Gasteiger partial charge in [-0.1, -0.05) is 0 Å². The second-order valence-corrected chi connectivity index (χ2v) is 8.71. The van der Waals surface area contributed by atoms with E-state index in [4.69, 9.17) is 0 Å². The van der Waals surface area contributed by atoms with Gasteiger partial charge in [0, 0.05) is 60.6 Å². The van der Waals surface area contributed by atoms with E-state index in [-0.39, 0.29) is 17.9 Å². The molecular formula is C19H23N5O2S. The minimum Gasteiger partial charge on any atom is -0.346 e. The fourth-order valence-electron chi connectivity index (χ4n) is 4.41. The van der Waals surface area contributed by atoms with Crippen molar-refractivity contribution in [2.24, 2.45) is 0 Å². The smallest absolute Gasteiger partial charge is 0.270 e. The first-order valence-corrected chi connectivity index (χ1v) is 10.5. The van der Waals surface area contributed by atoms with Crippen molar-refractivity contribution < 1.29 is 9.59 Å². The van der Waals surface area contributed by atoms with E-state index in [1.807, 2.05) is 17.0 Å². The van der Waals surface area contributed by atoms with Gasteiger partial charge in [-0.3, -0.25) is 14.6 Å². The van der Waals surface area contributed by atoms with Crippen molar-refractivity contribution in [2.75, 3.05) is 26.2 Å². The van der Waals surface area contributed by atoms with Gasteiger partial charge in [0.05, 0.1) is 4.88 Å². The summed E-state index contributed by atoms with van der Waals surface area (Å²) < 4.78 is 0.930. The van der Waals surface area contributed by atoms with Gasteiger partial charge in [-0.15, -0.1) is 11.3 Å². The number of aromatic nitrogens is 1. The Hall–Kier alpha value is -2.03. The fraction of sp³-hybridized carbons (Fsp3) is 0.526. The lowest BCUT2D eigenvalue weighted by molar-refractivity contribution is 0.0740. The lowest BCUT2D eigenvalue weighted by atomic mass is 9.95. The molecule has 3 N–H and O–H groups in total. The molecule has 142 valence electrons. The lowest BCUT2D eigenvalue weighted by Gasteiger charge is -2.26. The molecule has 0 spiro atoms. The Bertz CT molecular complexity index is 891. The van der Waals surface area contributed by atoms with Crippen LogP contribution in [-0.4, -0.2) is 66.0 Å². The maximum absolute atomic E-state index is 12.7. The predicted molar refractivity (Wildman–Crippen MR) is 104 cm³/mol. The summed E-state index contributed by atoms with van der Waals surface area (Å²) >= 11 is 1.44. The maximum Gasteiger partial charge on any atom is 0.270 e. The van der Waals surface area contributed by atoms with Crippen LogP contribution in [0.4, 0.5) is 0 Å². The van der Waals surface area contributed by atoms with Crippen molar-refractivity contribution in [3.63, 3.8) is 0 Å². The second-order valence-electron chi connectivity index (χ2n) is 7.62. The molecule has 7 nitrogen and oxygen atoms in total. The summed E-state index contributed by atoms with van der Waals surface area (Å²) in [6, 6.07) is 4.84. The molecule has 3 atom stereocenters. The molecule has 5 heterocycles. The highest BCUT2D eigenvalue weighted by atomic mass is 32.1. The van der Waals surface area contributed by atoms with Crippen LogP contribution in [0.25, 0.3) is 10.1 Å². The van der Waals surface area contributed by atoms with Gasteiger partial charge < -0.3 is 20.9 Å². The molecule has 0 aromatic carbocycles. The maximum atomic E-state index is 12.7. The first-order valence-electron chi connectivity index (χ1n) is 9.64. The van der Waals surface area contributed by atoms with Crippen LogP contribution in [-0.2, 0) is 0 Å². The summed E-state index contributed by atoms with van der Waals surface area (Å²) in [5, 5.41) is 10.8. The number of nitrogens with zero attached hydrogens (tertiary/aromatic N) is 2. The summed E-state index contributed by atoms with van der Waals surface area (Å²) in [6.45, 7) is 3.13. The first kappa shape index (κ1) is 17.1. The van der Waals surface area contributed by atoms with Crippen LogP contribution < -0.4 is 16.0 Å². The molecule has 3 fully saturated rings. The lowest BCUT2D eigenvalue weighted by Crippen LogP contribution is -2.46. The Labute approximate surface area is 161 Å². The fourth-order valence-corrected chi connectivity index (χ4v) is 5.45. The summed E-state index contributed by atoms with van der Waals surface area (Å²) in [7, 11) is 0. The molecule has 3 aliphatic rings. The second kappa shape index (κ2) is 6.85. The molecule has 3 saturated heterocycles. The van der Waals surface area contributed by atoms with E-state index in [0.717, 1.165) is 49.1 Å². The molecule has 8 heteroatoms. The highest BCUT2D eigenvalue weighted by Crippen LogP contribution is 2.29. The molecule has 2 amide bonds. The number of piperazine rings is 1. The minimum atomic E-state index is -0.125. The third-order valence-electron chi connectivity index (χ3n) is 5.87. The summed E-state index contributed by atoms with van der Waals surface area (Å²) in [5.41, 5.74) is 0.424. The van der Waals surface area contributed by atoms with Gasteiger partial charge in [-0.2, -0.15) is 0 Å². The highest BCUT2D eigenvalue weighted by Gasteiger charge is 2.39. The van der Waals surface area contributed by atoms with Crippen molar-refractivity contribution in [1.29, 1.82) is 0 Å². The number of hydrogen-bond donors (Lipinski definition) is 3. The minimum absolute atomic E-state index is 0.0664. The zero-order valence-electron chi connectivity index (χ0n) is 15.0. The van der Waals surface area contributed by atoms with Gasteiger partial charge in [0.15, 0.2) is 0 Å². The third kappa shape index (κ3) is 3.22. The van der Waals surface area contributed by atoms with E-state index in [9.17, 15) is 9.59 Å². The van der Waals surface area contributed by atoms with Crippen LogP contribution in [0.1, 0.15) is 39.4 Å². The number of nitrogens with one attached hydrogen (secondary N) is 3. The molecular weight excluding hydrogens is 362 g/mol. The number of fused-ring (bicyclic) bond motifs is 3. The van der Waals surface area contributed by atoms with E-state index < -0.39 is 0 Å². The molecule has 2 aromatic rings. The molecule has 3 aliphatic heterocycles. The topological polar surface area (TPSA) is 86.4 Å². The predicted octanol–water partition coefficient (Wildman–Crippen LogP) is 0.964. The Morgan fingerprint density at radius 2 is 2.07 bits per heavy atom. The molecule has 2 bridgehead atoms. The Balaban J connectivity index is 1.32. The summed E-state index contributed by atoms with van der Waals surface area (Å²) in [6.07, 6.45) is 5.04. The number of carbonyl (C=O) groups is 2. The van der Waals surface area contributed by atoms with E-state index in [1.54, 1.807) is 6.20 Å². The van der Waals surface area contributed by atoms with Gasteiger partial charge in [0.2, 0.25) is 0 Å². The highest BCUT2D eigenvalue weighted by molar-refractivity contribution is 7.20. The molecule has 0 radical (unpaired) electrons. The van der Waals surface area contributed by atoms with Crippen molar-refractivity contribution in [1.82, 2.24) is 25.8 Å². The van der Waals surface area contributed by atoms with Crippen LogP contribution in [0.2, 0.25) is 0 Å². The van der Waals surface area contributed by atoms with Crippen molar-refractivity contribution in [2.45, 2.75) is 37.4 Å². The first-order chi connectivity index (χ1) is 13.2. The average molecular weight is 385 g/mol. The van der Waals surface area contributed by atoms with Crippen LogP contribution >= 0.6 is 11.3 Å². The van der Waals surface area contributed by atoms with Crippen molar-refractivity contribution >= 4 is 33.2 Å². The average Bonchev–Trinajstić information content (AvgIpc) is 3.42. The normalized spacial score (nSPS) is 27.3.